The fourth-order valence-electron chi connectivity index (χ4n) is 1.45. The quantitative estimate of drug-likeness (QED) is 0.659. The Bertz CT molecular complexity index is 594. The first-order chi connectivity index (χ1) is 9.22. The van der Waals surface area contributed by atoms with E-state index in [4.69, 9.17) is 14.9 Å². The number of aromatic nitrogens is 1. The summed E-state index contributed by atoms with van der Waals surface area (Å²) in [7, 11) is 1.59. The minimum Gasteiger partial charge on any atom is -0.497 e. The highest BCUT2D eigenvalue weighted by Crippen LogP contribution is 2.22. The number of hydrogen-bond acceptors (Lipinski definition) is 5. The summed E-state index contributed by atoms with van der Waals surface area (Å²) in [5, 5.41) is 6.91. The third-order valence-corrected chi connectivity index (χ3v) is 2.39. The number of ketones is 1. The summed E-state index contributed by atoms with van der Waals surface area (Å²) in [6.07, 6.45) is 0.722. The second-order valence-electron chi connectivity index (χ2n) is 3.65. The molecule has 1 aromatic heterocycles. The maximum atomic E-state index is 11.3. The molecule has 2 rings (SSSR count). The van der Waals surface area contributed by atoms with Gasteiger partial charge in [-0.3, -0.25) is 4.79 Å². The Morgan fingerprint density at radius 1 is 1.16 bits per heavy atom. The van der Waals surface area contributed by atoms with Crippen molar-refractivity contribution in [2.75, 3.05) is 7.11 Å². The minimum atomic E-state index is -0.458. The molecule has 19 heavy (non-hydrogen) atoms. The molecule has 0 spiro atoms. The van der Waals surface area contributed by atoms with E-state index in [9.17, 15) is 4.79 Å². The van der Waals surface area contributed by atoms with Crippen LogP contribution in [-0.2, 0) is 0 Å². The Kier molecular flexibility index (Phi) is 3.87. The Morgan fingerprint density at radius 2 is 1.84 bits per heavy atom. The number of methoxy groups -OCH3 is 1. The molecule has 5 nitrogen and oxygen atoms in total. The minimum absolute atomic E-state index is 0.181. The number of ether oxygens (including phenoxy) is 2. The van der Waals surface area contributed by atoms with Crippen LogP contribution in [0.15, 0.2) is 42.5 Å². The number of nitrogens with zero attached hydrogens (tertiary/aromatic N) is 1. The van der Waals surface area contributed by atoms with Gasteiger partial charge >= 0.3 is 0 Å². The molecule has 5 heteroatoms. The van der Waals surface area contributed by atoms with Crippen molar-refractivity contribution in [3.05, 3.63) is 48.2 Å². The van der Waals surface area contributed by atoms with E-state index in [1.54, 1.807) is 43.5 Å². The van der Waals surface area contributed by atoms with Gasteiger partial charge in [-0.2, -0.15) is 0 Å². The molecule has 0 aliphatic heterocycles. The van der Waals surface area contributed by atoms with Crippen LogP contribution in [0, 0.1) is 5.41 Å². The van der Waals surface area contributed by atoms with E-state index in [2.05, 4.69) is 4.98 Å². The SMILES string of the molecule is COc1ccc(Oc2cccc(C(=O)C=N)n2)cc1. The summed E-state index contributed by atoms with van der Waals surface area (Å²) < 4.78 is 10.6. The topological polar surface area (TPSA) is 72.3 Å². The molecule has 1 aromatic carbocycles. The zero-order chi connectivity index (χ0) is 13.7. The van der Waals surface area contributed by atoms with Crippen LogP contribution in [0.2, 0.25) is 0 Å². The van der Waals surface area contributed by atoms with Crippen molar-refractivity contribution in [2.24, 2.45) is 0 Å². The van der Waals surface area contributed by atoms with Crippen LogP contribution in [0.1, 0.15) is 10.5 Å². The second-order valence-corrected chi connectivity index (χ2v) is 3.65. The average Bonchev–Trinajstić information content (AvgIpc) is 2.47. The number of hydrogen-bond donors (Lipinski definition) is 1. The highest BCUT2D eigenvalue weighted by molar-refractivity contribution is 6.33. The molecule has 2 aromatic rings. The fourth-order valence-corrected chi connectivity index (χ4v) is 1.45. The largest absolute Gasteiger partial charge is 0.497 e. The van der Waals surface area contributed by atoms with Crippen LogP contribution in [0.5, 0.6) is 17.4 Å². The normalized spacial score (nSPS) is 9.74. The number of Topliss-reactive ketones (excluding diaryl/α,β-unsaturated/α-hetero) is 1. The average molecular weight is 256 g/mol. The van der Waals surface area contributed by atoms with E-state index in [0.29, 0.717) is 11.6 Å². The molecule has 0 aliphatic carbocycles. The number of benzene rings is 1. The van der Waals surface area contributed by atoms with Gasteiger partial charge in [-0.1, -0.05) is 6.07 Å². The third-order valence-electron chi connectivity index (χ3n) is 2.39. The van der Waals surface area contributed by atoms with Gasteiger partial charge in [0.15, 0.2) is 0 Å². The standard InChI is InChI=1S/C14H12N2O3/c1-18-10-5-7-11(8-6-10)19-14-4-2-3-12(16-14)13(17)9-15/h2-9,15H,1H3. The predicted molar refractivity (Wildman–Crippen MR) is 70.4 cm³/mol. The van der Waals surface area contributed by atoms with E-state index in [-0.39, 0.29) is 5.69 Å². The molecule has 96 valence electrons. The number of carbonyl (C=O) groups is 1. The first kappa shape index (κ1) is 12.8. The third kappa shape index (κ3) is 3.16. The highest BCUT2D eigenvalue weighted by Gasteiger charge is 2.06. The molecule has 0 aliphatic rings. The molecular formula is C14H12N2O3. The van der Waals surface area contributed by atoms with E-state index in [1.807, 2.05) is 0 Å². The lowest BCUT2D eigenvalue weighted by Crippen LogP contribution is -2.03. The van der Waals surface area contributed by atoms with E-state index < -0.39 is 5.78 Å². The van der Waals surface area contributed by atoms with E-state index in [1.165, 1.54) is 6.07 Å². The molecule has 1 heterocycles. The summed E-state index contributed by atoms with van der Waals surface area (Å²) in [4.78, 5) is 15.4. The molecular weight excluding hydrogens is 244 g/mol. The first-order valence-corrected chi connectivity index (χ1v) is 5.56. The van der Waals surface area contributed by atoms with Crippen molar-refractivity contribution in [3.63, 3.8) is 0 Å². The van der Waals surface area contributed by atoms with Crippen LogP contribution < -0.4 is 9.47 Å². The molecule has 0 radical (unpaired) electrons. The zero-order valence-corrected chi connectivity index (χ0v) is 10.3. The summed E-state index contributed by atoms with van der Waals surface area (Å²) in [5.74, 6) is 1.17. The summed E-state index contributed by atoms with van der Waals surface area (Å²) in [6, 6.07) is 11.9. The first-order valence-electron chi connectivity index (χ1n) is 5.56. The zero-order valence-electron chi connectivity index (χ0n) is 10.3. The van der Waals surface area contributed by atoms with E-state index in [0.717, 1.165) is 12.0 Å². The lowest BCUT2D eigenvalue weighted by Gasteiger charge is -2.06. The molecule has 0 bridgehead atoms. The van der Waals surface area contributed by atoms with Gasteiger partial charge in [-0.15, -0.1) is 0 Å². The van der Waals surface area contributed by atoms with Crippen LogP contribution in [0.3, 0.4) is 0 Å². The van der Waals surface area contributed by atoms with Gasteiger partial charge in [-0.25, -0.2) is 4.98 Å². The highest BCUT2D eigenvalue weighted by atomic mass is 16.5. The van der Waals surface area contributed by atoms with Crippen molar-refractivity contribution in [1.29, 1.82) is 5.41 Å². The maximum absolute atomic E-state index is 11.3. The Hall–Kier alpha value is -2.69. The molecule has 1 N–H and O–H groups in total. The van der Waals surface area contributed by atoms with Gasteiger partial charge in [0, 0.05) is 6.07 Å². The van der Waals surface area contributed by atoms with Crippen molar-refractivity contribution >= 4 is 12.0 Å². The molecule has 0 atom stereocenters. The van der Waals surface area contributed by atoms with Crippen molar-refractivity contribution in [1.82, 2.24) is 4.98 Å². The number of nitrogens with one attached hydrogen (secondary N) is 1. The number of carbonyl (C=O) groups excluding carboxylic acids is 1. The Balaban J connectivity index is 2.18. The maximum Gasteiger partial charge on any atom is 0.221 e. The monoisotopic (exact) mass is 256 g/mol. The lowest BCUT2D eigenvalue weighted by molar-refractivity contribution is 0.106. The van der Waals surface area contributed by atoms with Gasteiger partial charge < -0.3 is 14.9 Å². The predicted octanol–water partition coefficient (Wildman–Crippen LogP) is 2.71. The molecule has 0 saturated carbocycles. The van der Waals surface area contributed by atoms with Gasteiger partial charge in [0.25, 0.3) is 0 Å². The van der Waals surface area contributed by atoms with Crippen molar-refractivity contribution < 1.29 is 14.3 Å². The van der Waals surface area contributed by atoms with Crippen LogP contribution >= 0.6 is 0 Å². The van der Waals surface area contributed by atoms with Crippen molar-refractivity contribution in [3.8, 4) is 17.4 Å². The summed E-state index contributed by atoms with van der Waals surface area (Å²) in [6.45, 7) is 0. The second kappa shape index (κ2) is 5.77. The van der Waals surface area contributed by atoms with Crippen LogP contribution in [-0.4, -0.2) is 24.1 Å². The summed E-state index contributed by atoms with van der Waals surface area (Å²) >= 11 is 0. The molecule has 0 saturated heterocycles. The Labute approximate surface area is 110 Å². The lowest BCUT2D eigenvalue weighted by atomic mass is 10.2. The number of rotatable bonds is 5. The van der Waals surface area contributed by atoms with E-state index >= 15 is 0 Å². The summed E-state index contributed by atoms with van der Waals surface area (Å²) in [5.41, 5.74) is 0.181. The molecule has 0 unspecified atom stereocenters. The van der Waals surface area contributed by atoms with Gasteiger partial charge in [0.2, 0.25) is 11.7 Å². The molecule has 0 fully saturated rings. The fraction of sp³-hybridized carbons (Fsp3) is 0.0714. The van der Waals surface area contributed by atoms with Gasteiger partial charge in [0.05, 0.1) is 13.3 Å². The Morgan fingerprint density at radius 3 is 2.47 bits per heavy atom. The van der Waals surface area contributed by atoms with Crippen molar-refractivity contribution in [2.45, 2.75) is 0 Å². The van der Waals surface area contributed by atoms with Gasteiger partial charge in [0.1, 0.15) is 17.2 Å². The smallest absolute Gasteiger partial charge is 0.221 e. The van der Waals surface area contributed by atoms with Crippen LogP contribution in [0.25, 0.3) is 0 Å². The number of pyridine rings is 1. The molecule has 0 amide bonds. The van der Waals surface area contributed by atoms with Crippen LogP contribution in [0.4, 0.5) is 0 Å². The van der Waals surface area contributed by atoms with Gasteiger partial charge in [-0.05, 0) is 30.3 Å².